The zero-order valence-corrected chi connectivity index (χ0v) is 18.1. The van der Waals surface area contributed by atoms with E-state index in [1.165, 1.54) is 5.56 Å². The number of carbonyl (C=O) groups excluding carboxylic acids is 1. The SMILES string of the molecule is CC(C)(C)c1ccc(NC(=O)N2CCC(NS(=O)(=O)C(C)(C)C)CC2)cc1. The summed E-state index contributed by atoms with van der Waals surface area (Å²) in [7, 11) is -3.37. The van der Waals surface area contributed by atoms with E-state index < -0.39 is 14.8 Å². The summed E-state index contributed by atoms with van der Waals surface area (Å²) >= 11 is 0. The summed E-state index contributed by atoms with van der Waals surface area (Å²) in [6.45, 7) is 12.6. The summed E-state index contributed by atoms with van der Waals surface area (Å²) in [6.07, 6.45) is 1.23. The standard InChI is InChI=1S/C20H33N3O3S/c1-19(2,3)15-7-9-16(10-8-15)21-18(24)23-13-11-17(12-14-23)22-27(25,26)20(4,5)6/h7-10,17,22H,11-14H2,1-6H3,(H,21,24). The maximum absolute atomic E-state index is 12.5. The van der Waals surface area contributed by atoms with Crippen molar-refractivity contribution < 1.29 is 13.2 Å². The van der Waals surface area contributed by atoms with Crippen LogP contribution in [0.4, 0.5) is 10.5 Å². The Hall–Kier alpha value is -1.60. The number of rotatable bonds is 3. The molecule has 0 radical (unpaired) electrons. The Morgan fingerprint density at radius 2 is 1.52 bits per heavy atom. The van der Waals surface area contributed by atoms with Gasteiger partial charge in [-0.1, -0.05) is 32.9 Å². The van der Waals surface area contributed by atoms with Crippen molar-refractivity contribution in [2.45, 2.75) is 70.6 Å². The number of likely N-dealkylation sites (tertiary alicyclic amines) is 1. The molecule has 6 nitrogen and oxygen atoms in total. The summed E-state index contributed by atoms with van der Waals surface area (Å²) in [4.78, 5) is 14.2. The minimum Gasteiger partial charge on any atom is -0.324 e. The zero-order valence-electron chi connectivity index (χ0n) is 17.3. The lowest BCUT2D eigenvalue weighted by Gasteiger charge is -2.33. The Balaban J connectivity index is 1.88. The fourth-order valence-electron chi connectivity index (χ4n) is 2.85. The number of carbonyl (C=O) groups is 1. The molecule has 1 aromatic rings. The molecule has 7 heteroatoms. The predicted molar refractivity (Wildman–Crippen MR) is 111 cm³/mol. The highest BCUT2D eigenvalue weighted by atomic mass is 32.2. The normalized spacial score (nSPS) is 17.0. The first-order chi connectivity index (χ1) is 12.3. The van der Waals surface area contributed by atoms with Crippen LogP contribution in [0.25, 0.3) is 0 Å². The zero-order chi connectivity index (χ0) is 20.5. The highest BCUT2D eigenvalue weighted by Gasteiger charge is 2.33. The van der Waals surface area contributed by atoms with Gasteiger partial charge in [0.15, 0.2) is 0 Å². The number of hydrogen-bond donors (Lipinski definition) is 2. The van der Waals surface area contributed by atoms with E-state index in [1.807, 2.05) is 24.3 Å². The molecule has 1 aliphatic rings. The number of hydrogen-bond acceptors (Lipinski definition) is 3. The highest BCUT2D eigenvalue weighted by Crippen LogP contribution is 2.24. The van der Waals surface area contributed by atoms with Crippen molar-refractivity contribution in [3.63, 3.8) is 0 Å². The summed E-state index contributed by atoms with van der Waals surface area (Å²) in [6, 6.07) is 7.64. The monoisotopic (exact) mass is 395 g/mol. The molecule has 2 rings (SSSR count). The van der Waals surface area contributed by atoms with Gasteiger partial charge in [-0.05, 0) is 56.7 Å². The molecule has 2 amide bonds. The average molecular weight is 396 g/mol. The van der Waals surface area contributed by atoms with Crippen LogP contribution in [0.15, 0.2) is 24.3 Å². The van der Waals surface area contributed by atoms with Gasteiger partial charge in [-0.25, -0.2) is 17.9 Å². The van der Waals surface area contributed by atoms with Crippen molar-refractivity contribution in [1.29, 1.82) is 0 Å². The first kappa shape index (κ1) is 21.7. The second-order valence-electron chi connectivity index (χ2n) is 9.25. The molecule has 0 aromatic heterocycles. The molecule has 1 fully saturated rings. The highest BCUT2D eigenvalue weighted by molar-refractivity contribution is 7.90. The van der Waals surface area contributed by atoms with E-state index in [4.69, 9.17) is 0 Å². The number of urea groups is 1. The van der Waals surface area contributed by atoms with Crippen molar-refractivity contribution in [2.24, 2.45) is 0 Å². The maximum atomic E-state index is 12.5. The number of piperidine rings is 1. The van der Waals surface area contributed by atoms with E-state index in [1.54, 1.807) is 25.7 Å². The second-order valence-corrected chi connectivity index (χ2v) is 11.7. The van der Waals surface area contributed by atoms with E-state index in [-0.39, 0.29) is 17.5 Å². The third-order valence-corrected chi connectivity index (χ3v) is 7.17. The average Bonchev–Trinajstić information content (AvgIpc) is 2.53. The van der Waals surface area contributed by atoms with E-state index in [9.17, 15) is 13.2 Å². The van der Waals surface area contributed by atoms with Crippen molar-refractivity contribution in [2.75, 3.05) is 18.4 Å². The van der Waals surface area contributed by atoms with Crippen molar-refractivity contribution in [3.8, 4) is 0 Å². The smallest absolute Gasteiger partial charge is 0.321 e. The number of anilines is 1. The molecule has 1 aromatic carbocycles. The molecule has 1 aliphatic heterocycles. The molecule has 0 spiro atoms. The Morgan fingerprint density at radius 3 is 1.96 bits per heavy atom. The summed E-state index contributed by atoms with van der Waals surface area (Å²) in [5.41, 5.74) is 2.06. The van der Waals surface area contributed by atoms with Gasteiger partial charge in [-0.2, -0.15) is 0 Å². The van der Waals surface area contributed by atoms with Gasteiger partial charge in [0, 0.05) is 24.8 Å². The third-order valence-electron chi connectivity index (χ3n) is 4.91. The number of sulfonamides is 1. The van der Waals surface area contributed by atoms with Crippen LogP contribution in [-0.2, 0) is 15.4 Å². The van der Waals surface area contributed by atoms with E-state index in [2.05, 4.69) is 30.8 Å². The molecule has 27 heavy (non-hydrogen) atoms. The Morgan fingerprint density at radius 1 is 1.00 bits per heavy atom. The van der Waals surface area contributed by atoms with Crippen molar-refractivity contribution in [1.82, 2.24) is 9.62 Å². The molecular weight excluding hydrogens is 362 g/mol. The molecule has 0 atom stereocenters. The lowest BCUT2D eigenvalue weighted by Crippen LogP contribution is -2.50. The predicted octanol–water partition coefficient (Wildman–Crippen LogP) is 3.70. The van der Waals surface area contributed by atoms with Gasteiger partial charge >= 0.3 is 6.03 Å². The van der Waals surface area contributed by atoms with Crippen molar-refractivity contribution in [3.05, 3.63) is 29.8 Å². The quantitative estimate of drug-likeness (QED) is 0.819. The van der Waals surface area contributed by atoms with Gasteiger partial charge in [-0.3, -0.25) is 0 Å². The molecule has 1 heterocycles. The van der Waals surface area contributed by atoms with Gasteiger partial charge in [0.25, 0.3) is 0 Å². The first-order valence-corrected chi connectivity index (χ1v) is 11.0. The summed E-state index contributed by atoms with van der Waals surface area (Å²) in [5.74, 6) is 0. The number of amides is 2. The van der Waals surface area contributed by atoms with E-state index in [0.717, 1.165) is 5.69 Å². The fraction of sp³-hybridized carbons (Fsp3) is 0.650. The van der Waals surface area contributed by atoms with E-state index >= 15 is 0 Å². The number of benzene rings is 1. The van der Waals surface area contributed by atoms with Crippen LogP contribution in [0.1, 0.15) is 59.9 Å². The van der Waals surface area contributed by atoms with Gasteiger partial charge in [0.05, 0.1) is 4.75 Å². The number of nitrogens with zero attached hydrogens (tertiary/aromatic N) is 1. The van der Waals surface area contributed by atoms with Crippen LogP contribution in [-0.4, -0.2) is 43.2 Å². The van der Waals surface area contributed by atoms with Crippen LogP contribution in [0.5, 0.6) is 0 Å². The first-order valence-electron chi connectivity index (χ1n) is 9.48. The minimum atomic E-state index is -3.37. The van der Waals surface area contributed by atoms with Crippen LogP contribution >= 0.6 is 0 Å². The molecule has 1 saturated heterocycles. The van der Waals surface area contributed by atoms with Crippen LogP contribution in [0.2, 0.25) is 0 Å². The second kappa shape index (κ2) is 7.80. The van der Waals surface area contributed by atoms with E-state index in [0.29, 0.717) is 25.9 Å². The van der Waals surface area contributed by atoms with Crippen molar-refractivity contribution >= 4 is 21.7 Å². The third kappa shape index (κ3) is 5.69. The maximum Gasteiger partial charge on any atom is 0.321 e. The molecule has 0 unspecified atom stereocenters. The topological polar surface area (TPSA) is 78.5 Å². The molecular formula is C20H33N3O3S. The van der Waals surface area contributed by atoms with Crippen LogP contribution in [0.3, 0.4) is 0 Å². The lowest BCUT2D eigenvalue weighted by molar-refractivity contribution is 0.193. The van der Waals surface area contributed by atoms with Gasteiger partial charge in [0.2, 0.25) is 10.0 Å². The van der Waals surface area contributed by atoms with Gasteiger partial charge in [0.1, 0.15) is 0 Å². The van der Waals surface area contributed by atoms with Crippen LogP contribution in [0, 0.1) is 0 Å². The molecule has 0 saturated carbocycles. The Kier molecular flexibility index (Phi) is 6.26. The van der Waals surface area contributed by atoms with Gasteiger partial charge < -0.3 is 10.2 Å². The molecule has 152 valence electrons. The Labute approximate surface area is 163 Å². The Bertz CT molecular complexity index is 751. The van der Waals surface area contributed by atoms with Crippen LogP contribution < -0.4 is 10.0 Å². The molecule has 0 aliphatic carbocycles. The minimum absolute atomic E-state index is 0.0742. The molecule has 2 N–H and O–H groups in total. The molecule has 0 bridgehead atoms. The summed E-state index contributed by atoms with van der Waals surface area (Å²) < 4.78 is 26.5. The van der Waals surface area contributed by atoms with Gasteiger partial charge in [-0.15, -0.1) is 0 Å². The summed E-state index contributed by atoms with van der Waals surface area (Å²) in [5, 5.41) is 2.93. The fourth-order valence-corrected chi connectivity index (χ4v) is 3.88. The lowest BCUT2D eigenvalue weighted by atomic mass is 9.87. The largest absolute Gasteiger partial charge is 0.324 e. The number of nitrogens with one attached hydrogen (secondary N) is 2.